The van der Waals surface area contributed by atoms with E-state index in [9.17, 15) is 4.79 Å². The summed E-state index contributed by atoms with van der Waals surface area (Å²) >= 11 is 0. The van der Waals surface area contributed by atoms with Crippen LogP contribution in [0.25, 0.3) is 11.5 Å². The number of aromatic amines is 1. The molecule has 6 heteroatoms. The third-order valence-electron chi connectivity index (χ3n) is 2.25. The van der Waals surface area contributed by atoms with Crippen molar-refractivity contribution < 1.29 is 4.79 Å². The molecule has 0 unspecified atom stereocenters. The van der Waals surface area contributed by atoms with Crippen LogP contribution in [0, 0.1) is 6.92 Å². The van der Waals surface area contributed by atoms with Crippen LogP contribution in [0.4, 0.5) is 0 Å². The summed E-state index contributed by atoms with van der Waals surface area (Å²) in [6.45, 7) is 2.12. The van der Waals surface area contributed by atoms with Gasteiger partial charge in [0.05, 0.1) is 6.20 Å². The van der Waals surface area contributed by atoms with Gasteiger partial charge in [-0.3, -0.25) is 4.79 Å². The van der Waals surface area contributed by atoms with Gasteiger partial charge >= 0.3 is 0 Å². The standard InChI is InChI=1S/C10H13N5O/c1-7-13-5-8(14-7)10-12-3-4-15(10)6-9(16)11-2/h3-5H,6H2,1-2H3,(H,11,16)(H,13,14). The molecule has 0 aliphatic rings. The van der Waals surface area contributed by atoms with Crippen molar-refractivity contribution >= 4 is 5.91 Å². The highest BCUT2D eigenvalue weighted by molar-refractivity contribution is 5.76. The van der Waals surface area contributed by atoms with E-state index in [4.69, 9.17) is 0 Å². The number of hydrogen-bond donors (Lipinski definition) is 2. The van der Waals surface area contributed by atoms with Crippen molar-refractivity contribution in [3.63, 3.8) is 0 Å². The van der Waals surface area contributed by atoms with Crippen molar-refractivity contribution in [1.82, 2.24) is 24.8 Å². The zero-order valence-electron chi connectivity index (χ0n) is 9.19. The molecule has 84 valence electrons. The average Bonchev–Trinajstić information content (AvgIpc) is 2.86. The Kier molecular flexibility index (Phi) is 2.72. The molecule has 0 saturated carbocycles. The number of aryl methyl sites for hydroxylation is 1. The molecule has 2 aromatic heterocycles. The fraction of sp³-hybridized carbons (Fsp3) is 0.300. The van der Waals surface area contributed by atoms with Gasteiger partial charge in [-0.15, -0.1) is 0 Å². The zero-order valence-corrected chi connectivity index (χ0v) is 9.19. The first-order valence-electron chi connectivity index (χ1n) is 4.94. The van der Waals surface area contributed by atoms with Crippen LogP contribution >= 0.6 is 0 Å². The number of amides is 1. The summed E-state index contributed by atoms with van der Waals surface area (Å²) in [5, 5.41) is 2.57. The summed E-state index contributed by atoms with van der Waals surface area (Å²) in [6, 6.07) is 0. The fourth-order valence-electron chi connectivity index (χ4n) is 1.45. The van der Waals surface area contributed by atoms with Crippen molar-refractivity contribution in [2.75, 3.05) is 7.05 Å². The smallest absolute Gasteiger partial charge is 0.239 e. The molecule has 2 heterocycles. The largest absolute Gasteiger partial charge is 0.358 e. The molecule has 2 aromatic rings. The minimum absolute atomic E-state index is 0.0597. The number of nitrogens with one attached hydrogen (secondary N) is 2. The number of rotatable bonds is 3. The summed E-state index contributed by atoms with van der Waals surface area (Å²) in [6.07, 6.45) is 5.13. The van der Waals surface area contributed by atoms with Gasteiger partial charge in [0.2, 0.25) is 5.91 Å². The molecule has 6 nitrogen and oxygen atoms in total. The summed E-state index contributed by atoms with van der Waals surface area (Å²) in [5.74, 6) is 1.48. The lowest BCUT2D eigenvalue weighted by atomic mass is 10.4. The van der Waals surface area contributed by atoms with Crippen LogP contribution in [0.2, 0.25) is 0 Å². The first-order valence-corrected chi connectivity index (χ1v) is 4.94. The first-order chi connectivity index (χ1) is 7.70. The molecule has 0 aromatic carbocycles. The van der Waals surface area contributed by atoms with E-state index >= 15 is 0 Å². The molecule has 16 heavy (non-hydrogen) atoms. The van der Waals surface area contributed by atoms with E-state index in [0.29, 0.717) is 5.82 Å². The van der Waals surface area contributed by atoms with Gasteiger partial charge in [-0.05, 0) is 6.92 Å². The van der Waals surface area contributed by atoms with Crippen LogP contribution in [0.1, 0.15) is 5.82 Å². The summed E-state index contributed by atoms with van der Waals surface area (Å²) in [5.41, 5.74) is 0.811. The Balaban J connectivity index is 2.29. The Hall–Kier alpha value is -2.11. The zero-order chi connectivity index (χ0) is 11.5. The number of aromatic nitrogens is 4. The van der Waals surface area contributed by atoms with E-state index in [2.05, 4.69) is 20.3 Å². The Morgan fingerprint density at radius 1 is 1.56 bits per heavy atom. The molecule has 0 aliphatic heterocycles. The van der Waals surface area contributed by atoms with E-state index in [1.165, 1.54) is 0 Å². The lowest BCUT2D eigenvalue weighted by molar-refractivity contribution is -0.121. The van der Waals surface area contributed by atoms with Gasteiger partial charge in [-0.2, -0.15) is 0 Å². The third-order valence-corrected chi connectivity index (χ3v) is 2.25. The molecular formula is C10H13N5O. The molecule has 0 fully saturated rings. The summed E-state index contributed by atoms with van der Waals surface area (Å²) < 4.78 is 1.77. The molecular weight excluding hydrogens is 206 g/mol. The quantitative estimate of drug-likeness (QED) is 0.781. The van der Waals surface area contributed by atoms with Crippen LogP contribution in [0.5, 0.6) is 0 Å². The van der Waals surface area contributed by atoms with Crippen molar-refractivity contribution in [2.24, 2.45) is 0 Å². The molecule has 0 saturated heterocycles. The summed E-state index contributed by atoms with van der Waals surface area (Å²) in [7, 11) is 1.61. The van der Waals surface area contributed by atoms with Crippen LogP contribution in [0.15, 0.2) is 18.6 Å². The van der Waals surface area contributed by atoms with Crippen molar-refractivity contribution in [1.29, 1.82) is 0 Å². The van der Waals surface area contributed by atoms with Crippen LogP contribution < -0.4 is 5.32 Å². The lowest BCUT2D eigenvalue weighted by Crippen LogP contribution is -2.23. The normalized spacial score (nSPS) is 10.4. The van der Waals surface area contributed by atoms with E-state index < -0.39 is 0 Å². The molecule has 0 atom stereocenters. The monoisotopic (exact) mass is 219 g/mol. The highest BCUT2D eigenvalue weighted by Crippen LogP contribution is 2.14. The van der Waals surface area contributed by atoms with Crippen molar-refractivity contribution in [3.8, 4) is 11.5 Å². The van der Waals surface area contributed by atoms with E-state index in [-0.39, 0.29) is 12.5 Å². The van der Waals surface area contributed by atoms with E-state index in [0.717, 1.165) is 11.5 Å². The molecule has 0 spiro atoms. The number of imidazole rings is 2. The van der Waals surface area contributed by atoms with E-state index in [1.54, 1.807) is 30.2 Å². The second-order valence-electron chi connectivity index (χ2n) is 3.43. The topological polar surface area (TPSA) is 75.6 Å². The molecule has 0 aliphatic carbocycles. The van der Waals surface area contributed by atoms with E-state index in [1.807, 2.05) is 6.92 Å². The maximum absolute atomic E-state index is 11.3. The van der Waals surface area contributed by atoms with Gasteiger partial charge in [0.15, 0.2) is 5.82 Å². The molecule has 0 bridgehead atoms. The number of H-pyrrole nitrogens is 1. The Morgan fingerprint density at radius 3 is 3.00 bits per heavy atom. The minimum atomic E-state index is -0.0597. The predicted molar refractivity (Wildman–Crippen MR) is 58.6 cm³/mol. The number of nitrogens with zero attached hydrogens (tertiary/aromatic N) is 3. The Bertz CT molecular complexity index is 499. The van der Waals surface area contributed by atoms with Gasteiger partial charge < -0.3 is 14.9 Å². The lowest BCUT2D eigenvalue weighted by Gasteiger charge is -2.04. The maximum Gasteiger partial charge on any atom is 0.239 e. The van der Waals surface area contributed by atoms with Gasteiger partial charge in [0, 0.05) is 19.4 Å². The summed E-state index contributed by atoms with van der Waals surface area (Å²) in [4.78, 5) is 22.7. The second kappa shape index (κ2) is 4.18. The van der Waals surface area contributed by atoms with Gasteiger partial charge in [0.25, 0.3) is 0 Å². The number of hydrogen-bond acceptors (Lipinski definition) is 3. The van der Waals surface area contributed by atoms with Gasteiger partial charge in [-0.1, -0.05) is 0 Å². The molecule has 1 amide bonds. The number of carbonyl (C=O) groups excluding carboxylic acids is 1. The van der Waals surface area contributed by atoms with Crippen LogP contribution in [-0.2, 0) is 11.3 Å². The highest BCUT2D eigenvalue weighted by Gasteiger charge is 2.10. The van der Waals surface area contributed by atoms with Crippen molar-refractivity contribution in [2.45, 2.75) is 13.5 Å². The number of likely N-dealkylation sites (N-methyl/N-ethyl adjacent to an activating group) is 1. The third kappa shape index (κ3) is 1.95. The number of carbonyl (C=O) groups is 1. The Labute approximate surface area is 92.7 Å². The fourth-order valence-corrected chi connectivity index (χ4v) is 1.45. The molecule has 2 rings (SSSR count). The second-order valence-corrected chi connectivity index (χ2v) is 3.43. The van der Waals surface area contributed by atoms with Gasteiger partial charge in [-0.25, -0.2) is 9.97 Å². The highest BCUT2D eigenvalue weighted by atomic mass is 16.1. The van der Waals surface area contributed by atoms with Crippen LogP contribution in [-0.4, -0.2) is 32.5 Å². The molecule has 0 radical (unpaired) electrons. The average molecular weight is 219 g/mol. The maximum atomic E-state index is 11.3. The van der Waals surface area contributed by atoms with Crippen LogP contribution in [0.3, 0.4) is 0 Å². The SMILES string of the molecule is CNC(=O)Cn1ccnc1-c1cnc(C)[nH]1. The van der Waals surface area contributed by atoms with Gasteiger partial charge in [0.1, 0.15) is 18.1 Å². The predicted octanol–water partition coefficient (Wildman–Crippen LogP) is 0.328. The minimum Gasteiger partial charge on any atom is -0.358 e. The Morgan fingerprint density at radius 2 is 2.38 bits per heavy atom. The first kappa shape index (κ1) is 10.4. The molecule has 2 N–H and O–H groups in total. The van der Waals surface area contributed by atoms with Crippen molar-refractivity contribution in [3.05, 3.63) is 24.4 Å².